The summed E-state index contributed by atoms with van der Waals surface area (Å²) in [6.45, 7) is 7.50. The summed E-state index contributed by atoms with van der Waals surface area (Å²) >= 11 is 1.67. The molecule has 1 N–H and O–H groups in total. The maximum Gasteiger partial charge on any atom is 0.318 e. The average Bonchev–Trinajstić information content (AvgIpc) is 3.47. The number of rotatable bonds is 7. The van der Waals surface area contributed by atoms with Gasteiger partial charge in [0.05, 0.1) is 12.1 Å². The van der Waals surface area contributed by atoms with Crippen LogP contribution in [0.3, 0.4) is 0 Å². The second kappa shape index (κ2) is 11.0. The molecule has 2 aliphatic heterocycles. The van der Waals surface area contributed by atoms with Crippen LogP contribution in [0.25, 0.3) is 0 Å². The molecule has 4 rings (SSSR count). The maximum absolute atomic E-state index is 13.6. The Labute approximate surface area is 210 Å². The van der Waals surface area contributed by atoms with Crippen molar-refractivity contribution < 1.29 is 23.5 Å². The van der Waals surface area contributed by atoms with Crippen molar-refractivity contribution in [2.45, 2.75) is 57.7 Å². The number of benzene rings is 1. The highest BCUT2D eigenvalue weighted by molar-refractivity contribution is 7.10. The number of hydrogen-bond acceptors (Lipinski definition) is 5. The molecular formula is C26H34FN3O4S. The number of ether oxygens (including phenoxy) is 2. The molecule has 0 spiro atoms. The predicted molar refractivity (Wildman–Crippen MR) is 133 cm³/mol. The van der Waals surface area contributed by atoms with E-state index in [-0.39, 0.29) is 43.1 Å². The van der Waals surface area contributed by atoms with Crippen LogP contribution in [0.1, 0.15) is 50.1 Å². The third-order valence-electron chi connectivity index (χ3n) is 6.16. The normalized spacial score (nSPS) is 19.8. The molecule has 2 aromatic rings. The van der Waals surface area contributed by atoms with Gasteiger partial charge in [-0.2, -0.15) is 0 Å². The fourth-order valence-corrected chi connectivity index (χ4v) is 5.44. The van der Waals surface area contributed by atoms with E-state index in [0.29, 0.717) is 25.4 Å². The molecule has 2 aliphatic rings. The lowest BCUT2D eigenvalue weighted by molar-refractivity contribution is -0.135. The Morgan fingerprint density at radius 2 is 2.14 bits per heavy atom. The molecule has 190 valence electrons. The number of carbonyl (C=O) groups is 2. The number of hydrogen-bond donors (Lipinski definition) is 1. The van der Waals surface area contributed by atoms with E-state index < -0.39 is 5.54 Å². The molecule has 0 aliphatic carbocycles. The number of fused-ring (bicyclic) bond motifs is 1. The minimum Gasteiger partial charge on any atom is -0.491 e. The summed E-state index contributed by atoms with van der Waals surface area (Å²) in [6.07, 6.45) is 2.53. The van der Waals surface area contributed by atoms with Crippen LogP contribution >= 0.6 is 11.3 Å². The number of urea groups is 1. The Bertz CT molecular complexity index is 1030. The first kappa shape index (κ1) is 25.4. The molecule has 0 saturated carbocycles. The van der Waals surface area contributed by atoms with Gasteiger partial charge in [0.1, 0.15) is 24.7 Å². The number of carbonyl (C=O) groups excluding carboxylic acids is 2. The van der Waals surface area contributed by atoms with Gasteiger partial charge in [0.2, 0.25) is 5.91 Å². The molecule has 7 nitrogen and oxygen atoms in total. The van der Waals surface area contributed by atoms with Gasteiger partial charge in [-0.25, -0.2) is 9.18 Å². The molecule has 1 saturated heterocycles. The van der Waals surface area contributed by atoms with E-state index in [4.69, 9.17) is 9.47 Å². The first-order valence-electron chi connectivity index (χ1n) is 12.1. The van der Waals surface area contributed by atoms with Crippen LogP contribution in [-0.4, -0.2) is 66.2 Å². The smallest absolute Gasteiger partial charge is 0.318 e. The minimum absolute atomic E-state index is 0.0439. The highest BCUT2D eigenvalue weighted by Gasteiger charge is 2.34. The zero-order chi connectivity index (χ0) is 25.0. The summed E-state index contributed by atoms with van der Waals surface area (Å²) in [5.41, 5.74) is 0.628. The fourth-order valence-electron chi connectivity index (χ4n) is 4.51. The van der Waals surface area contributed by atoms with Crippen LogP contribution in [0, 0.1) is 5.82 Å². The van der Waals surface area contributed by atoms with Crippen molar-refractivity contribution in [3.8, 4) is 5.75 Å². The SMILES string of the molecule is CC(C)(C)NC(=O)N(CC(=O)N1CCc2sccc2C1COc1cccc(F)c1)CC1CCCO1. The molecule has 0 bridgehead atoms. The topological polar surface area (TPSA) is 71.1 Å². The first-order chi connectivity index (χ1) is 16.7. The van der Waals surface area contributed by atoms with E-state index in [1.54, 1.807) is 33.3 Å². The first-order valence-corrected chi connectivity index (χ1v) is 13.0. The summed E-state index contributed by atoms with van der Waals surface area (Å²) in [4.78, 5) is 31.3. The Kier molecular flexibility index (Phi) is 7.96. The molecule has 35 heavy (non-hydrogen) atoms. The summed E-state index contributed by atoms with van der Waals surface area (Å²) in [5.74, 6) is -0.0917. The van der Waals surface area contributed by atoms with Crippen LogP contribution < -0.4 is 10.1 Å². The lowest BCUT2D eigenvalue weighted by Crippen LogP contribution is -2.54. The second-order valence-electron chi connectivity index (χ2n) is 10.1. The lowest BCUT2D eigenvalue weighted by Gasteiger charge is -2.37. The zero-order valence-electron chi connectivity index (χ0n) is 20.6. The monoisotopic (exact) mass is 503 g/mol. The molecule has 1 aromatic heterocycles. The summed E-state index contributed by atoms with van der Waals surface area (Å²) in [6, 6.07) is 7.44. The van der Waals surface area contributed by atoms with Crippen LogP contribution in [0.4, 0.5) is 9.18 Å². The Hall–Kier alpha value is -2.65. The molecule has 0 radical (unpaired) electrons. The zero-order valence-corrected chi connectivity index (χ0v) is 21.4. The summed E-state index contributed by atoms with van der Waals surface area (Å²) in [7, 11) is 0. The van der Waals surface area contributed by atoms with E-state index in [1.165, 1.54) is 17.0 Å². The number of amides is 3. The van der Waals surface area contributed by atoms with E-state index in [9.17, 15) is 14.0 Å². The summed E-state index contributed by atoms with van der Waals surface area (Å²) < 4.78 is 25.3. The molecule has 2 atom stereocenters. The van der Waals surface area contributed by atoms with Gasteiger partial charge in [0.15, 0.2) is 0 Å². The standard InChI is InChI=1S/C26H34FN3O4S/c1-26(2,3)28-25(32)29(15-20-8-5-12-33-20)16-24(31)30-11-9-23-21(10-13-35-23)22(30)17-34-19-7-4-6-18(27)14-19/h4,6-7,10,13-14,20,22H,5,8-9,11-12,15-17H2,1-3H3,(H,28,32). The van der Waals surface area contributed by atoms with Crippen molar-refractivity contribution >= 4 is 23.3 Å². The van der Waals surface area contributed by atoms with Crippen LogP contribution in [-0.2, 0) is 16.0 Å². The molecule has 3 amide bonds. The van der Waals surface area contributed by atoms with Gasteiger partial charge in [-0.1, -0.05) is 6.07 Å². The predicted octanol–water partition coefficient (Wildman–Crippen LogP) is 4.38. The van der Waals surface area contributed by atoms with Gasteiger partial charge in [0, 0.05) is 36.2 Å². The Balaban J connectivity index is 1.50. The molecular weight excluding hydrogens is 469 g/mol. The number of nitrogens with zero attached hydrogens (tertiary/aromatic N) is 2. The molecule has 3 heterocycles. The van der Waals surface area contributed by atoms with Gasteiger partial charge in [-0.05, 0) is 69.2 Å². The van der Waals surface area contributed by atoms with Crippen LogP contribution in [0.5, 0.6) is 5.75 Å². The average molecular weight is 504 g/mol. The number of nitrogens with one attached hydrogen (secondary N) is 1. The lowest BCUT2D eigenvalue weighted by atomic mass is 10.0. The molecule has 1 aromatic carbocycles. The number of halogens is 1. The summed E-state index contributed by atoms with van der Waals surface area (Å²) in [5, 5.41) is 5.00. The fraction of sp³-hybridized carbons (Fsp3) is 0.538. The van der Waals surface area contributed by atoms with Crippen molar-refractivity contribution in [2.24, 2.45) is 0 Å². The molecule has 9 heteroatoms. The van der Waals surface area contributed by atoms with Crippen LogP contribution in [0.2, 0.25) is 0 Å². The highest BCUT2D eigenvalue weighted by atomic mass is 32.1. The van der Waals surface area contributed by atoms with Crippen LogP contribution in [0.15, 0.2) is 35.7 Å². The van der Waals surface area contributed by atoms with Gasteiger partial charge in [0.25, 0.3) is 0 Å². The van der Waals surface area contributed by atoms with Crippen molar-refractivity contribution in [1.29, 1.82) is 0 Å². The third kappa shape index (κ3) is 6.73. The molecule has 1 fully saturated rings. The third-order valence-corrected chi connectivity index (χ3v) is 7.16. The van der Waals surface area contributed by atoms with Gasteiger partial charge < -0.3 is 24.6 Å². The van der Waals surface area contributed by atoms with E-state index in [2.05, 4.69) is 5.32 Å². The van der Waals surface area contributed by atoms with Crippen molar-refractivity contribution in [3.63, 3.8) is 0 Å². The minimum atomic E-state index is -0.424. The highest BCUT2D eigenvalue weighted by Crippen LogP contribution is 2.34. The van der Waals surface area contributed by atoms with Gasteiger partial charge >= 0.3 is 6.03 Å². The van der Waals surface area contributed by atoms with E-state index in [0.717, 1.165) is 24.8 Å². The second-order valence-corrected chi connectivity index (χ2v) is 11.1. The number of thiophene rings is 1. The molecule has 2 unspecified atom stereocenters. The van der Waals surface area contributed by atoms with Crippen molar-refractivity contribution in [3.05, 3.63) is 52.0 Å². The maximum atomic E-state index is 13.6. The van der Waals surface area contributed by atoms with E-state index in [1.807, 2.05) is 32.2 Å². The van der Waals surface area contributed by atoms with Crippen molar-refractivity contribution in [2.75, 3.05) is 32.8 Å². The van der Waals surface area contributed by atoms with E-state index >= 15 is 0 Å². The Morgan fingerprint density at radius 1 is 1.31 bits per heavy atom. The Morgan fingerprint density at radius 3 is 2.86 bits per heavy atom. The van der Waals surface area contributed by atoms with Gasteiger partial charge in [-0.15, -0.1) is 11.3 Å². The largest absolute Gasteiger partial charge is 0.491 e. The van der Waals surface area contributed by atoms with Gasteiger partial charge in [-0.3, -0.25) is 4.79 Å². The van der Waals surface area contributed by atoms with Crippen molar-refractivity contribution in [1.82, 2.24) is 15.1 Å². The quantitative estimate of drug-likeness (QED) is 0.609.